The third kappa shape index (κ3) is 4.35. The number of carbonyl (C=O) groups excluding carboxylic acids is 1. The summed E-state index contributed by atoms with van der Waals surface area (Å²) in [6.45, 7) is 5.53. The van der Waals surface area contributed by atoms with E-state index in [1.165, 1.54) is 42.4 Å². The van der Waals surface area contributed by atoms with Crippen molar-refractivity contribution in [3.63, 3.8) is 0 Å². The molecule has 0 spiro atoms. The van der Waals surface area contributed by atoms with Crippen LogP contribution in [0.3, 0.4) is 0 Å². The van der Waals surface area contributed by atoms with Gasteiger partial charge in [0.2, 0.25) is 5.91 Å². The molecule has 0 aliphatic rings. The van der Waals surface area contributed by atoms with Gasteiger partial charge < -0.3 is 4.74 Å². The van der Waals surface area contributed by atoms with Gasteiger partial charge in [-0.2, -0.15) is 13.2 Å². The second kappa shape index (κ2) is 7.65. The number of halogens is 3. The number of anilines is 1. The van der Waals surface area contributed by atoms with Gasteiger partial charge in [0, 0.05) is 24.4 Å². The summed E-state index contributed by atoms with van der Waals surface area (Å²) in [4.78, 5) is 18.5. The molecule has 0 N–H and O–H groups in total. The van der Waals surface area contributed by atoms with Crippen molar-refractivity contribution in [2.24, 2.45) is 5.92 Å². The minimum absolute atomic E-state index is 0.161. The number of aromatic nitrogens is 1. The van der Waals surface area contributed by atoms with Crippen molar-refractivity contribution in [1.82, 2.24) is 4.98 Å². The average molecular weight is 386 g/mol. The molecule has 26 heavy (non-hydrogen) atoms. The molecule has 1 amide bonds. The SMILES string of the molecule is COc1cc(-c2nc(N(C)C(C)=O)sc2CC(C)C)ccc1C(F)(F)F. The molecular weight excluding hydrogens is 365 g/mol. The van der Waals surface area contributed by atoms with Crippen LogP contribution < -0.4 is 9.64 Å². The van der Waals surface area contributed by atoms with E-state index in [-0.39, 0.29) is 11.7 Å². The number of thiazole rings is 1. The highest BCUT2D eigenvalue weighted by molar-refractivity contribution is 7.16. The van der Waals surface area contributed by atoms with Crippen LogP contribution in [-0.4, -0.2) is 25.0 Å². The molecule has 0 atom stereocenters. The molecule has 142 valence electrons. The summed E-state index contributed by atoms with van der Waals surface area (Å²) in [7, 11) is 2.83. The predicted octanol–water partition coefficient (Wildman–Crippen LogP) is 5.02. The molecule has 2 aromatic rings. The lowest BCUT2D eigenvalue weighted by atomic mass is 10.0. The quantitative estimate of drug-likeness (QED) is 0.725. The number of hydrogen-bond donors (Lipinski definition) is 0. The summed E-state index contributed by atoms with van der Waals surface area (Å²) in [5, 5.41) is 0.516. The number of benzene rings is 1. The predicted molar refractivity (Wildman–Crippen MR) is 96.7 cm³/mol. The second-order valence-corrected chi connectivity index (χ2v) is 7.42. The molecule has 1 heterocycles. The number of rotatable bonds is 5. The first-order chi connectivity index (χ1) is 12.0. The molecule has 0 saturated heterocycles. The first-order valence-corrected chi connectivity index (χ1v) is 8.85. The molecule has 0 aliphatic heterocycles. The minimum atomic E-state index is -4.49. The lowest BCUT2D eigenvalue weighted by Crippen LogP contribution is -2.22. The lowest BCUT2D eigenvalue weighted by Gasteiger charge is -2.13. The van der Waals surface area contributed by atoms with Crippen LogP contribution in [0.1, 0.15) is 31.2 Å². The van der Waals surface area contributed by atoms with Crippen LogP contribution in [-0.2, 0) is 17.4 Å². The van der Waals surface area contributed by atoms with Crippen LogP contribution in [0.25, 0.3) is 11.3 Å². The second-order valence-electron chi connectivity index (χ2n) is 6.36. The lowest BCUT2D eigenvalue weighted by molar-refractivity contribution is -0.138. The summed E-state index contributed by atoms with van der Waals surface area (Å²) >= 11 is 1.37. The summed E-state index contributed by atoms with van der Waals surface area (Å²) in [6, 6.07) is 3.74. The molecule has 0 saturated carbocycles. The average Bonchev–Trinajstić information content (AvgIpc) is 2.95. The zero-order chi connectivity index (χ0) is 19.6. The van der Waals surface area contributed by atoms with Crippen molar-refractivity contribution < 1.29 is 22.7 Å². The van der Waals surface area contributed by atoms with Crippen LogP contribution in [0.2, 0.25) is 0 Å². The van der Waals surface area contributed by atoms with Gasteiger partial charge in [-0.15, -0.1) is 11.3 Å². The Morgan fingerprint density at radius 1 is 1.35 bits per heavy atom. The van der Waals surface area contributed by atoms with Crippen LogP contribution in [0, 0.1) is 5.92 Å². The summed E-state index contributed by atoms with van der Waals surface area (Å²) in [6.07, 6.45) is -3.78. The van der Waals surface area contributed by atoms with Crippen LogP contribution in [0.5, 0.6) is 5.75 Å². The number of nitrogens with zero attached hydrogens (tertiary/aromatic N) is 2. The Morgan fingerprint density at radius 2 is 2.00 bits per heavy atom. The third-order valence-electron chi connectivity index (χ3n) is 3.82. The van der Waals surface area contributed by atoms with E-state index < -0.39 is 11.7 Å². The molecule has 0 fully saturated rings. The zero-order valence-corrected chi connectivity index (χ0v) is 16.1. The fraction of sp³-hybridized carbons (Fsp3) is 0.444. The highest BCUT2D eigenvalue weighted by atomic mass is 32.1. The van der Waals surface area contributed by atoms with E-state index in [0.29, 0.717) is 28.7 Å². The molecule has 0 bridgehead atoms. The van der Waals surface area contributed by atoms with Gasteiger partial charge in [-0.25, -0.2) is 4.98 Å². The zero-order valence-electron chi connectivity index (χ0n) is 15.3. The van der Waals surface area contributed by atoms with Crippen molar-refractivity contribution in [3.8, 4) is 17.0 Å². The Balaban J connectivity index is 2.57. The fourth-order valence-corrected chi connectivity index (χ4v) is 3.72. The molecule has 8 heteroatoms. The highest BCUT2D eigenvalue weighted by Gasteiger charge is 2.34. The normalized spacial score (nSPS) is 11.7. The Labute approximate surface area is 154 Å². The monoisotopic (exact) mass is 386 g/mol. The van der Waals surface area contributed by atoms with Gasteiger partial charge in [-0.05, 0) is 24.5 Å². The van der Waals surface area contributed by atoms with Gasteiger partial charge in [-0.1, -0.05) is 19.9 Å². The Kier molecular flexibility index (Phi) is 5.95. The first-order valence-electron chi connectivity index (χ1n) is 8.04. The molecule has 1 aromatic carbocycles. The molecule has 0 radical (unpaired) electrons. The summed E-state index contributed by atoms with van der Waals surface area (Å²) < 4.78 is 44.2. The third-order valence-corrected chi connectivity index (χ3v) is 4.97. The number of ether oxygens (including phenoxy) is 1. The Bertz CT molecular complexity index is 800. The van der Waals surface area contributed by atoms with E-state index in [2.05, 4.69) is 4.98 Å². The fourth-order valence-electron chi connectivity index (χ4n) is 2.42. The van der Waals surface area contributed by atoms with Crippen molar-refractivity contribution in [3.05, 3.63) is 28.6 Å². The van der Waals surface area contributed by atoms with Crippen molar-refractivity contribution in [2.45, 2.75) is 33.4 Å². The van der Waals surface area contributed by atoms with Gasteiger partial charge in [0.05, 0.1) is 18.4 Å². The van der Waals surface area contributed by atoms with E-state index >= 15 is 0 Å². The summed E-state index contributed by atoms with van der Waals surface area (Å²) in [5.74, 6) is -0.0765. The summed E-state index contributed by atoms with van der Waals surface area (Å²) in [5.41, 5.74) is 0.286. The standard InChI is InChI=1S/C18H21F3N2O2S/c1-10(2)8-15-16(22-17(26-15)23(4)11(3)24)12-6-7-13(18(19,20)21)14(9-12)25-5/h6-7,9-10H,8H2,1-5H3. The maximum absolute atomic E-state index is 13.1. The van der Waals surface area contributed by atoms with Gasteiger partial charge in [-0.3, -0.25) is 9.69 Å². The number of carbonyl (C=O) groups is 1. The molecule has 2 rings (SSSR count). The van der Waals surface area contributed by atoms with E-state index in [1.54, 1.807) is 7.05 Å². The van der Waals surface area contributed by atoms with Crippen LogP contribution in [0.15, 0.2) is 18.2 Å². The molecular formula is C18H21F3N2O2S. The first kappa shape index (κ1) is 20.2. The smallest absolute Gasteiger partial charge is 0.419 e. The van der Waals surface area contributed by atoms with Gasteiger partial charge in [0.15, 0.2) is 5.13 Å². The largest absolute Gasteiger partial charge is 0.496 e. The number of alkyl halides is 3. The van der Waals surface area contributed by atoms with Gasteiger partial charge in [0.25, 0.3) is 0 Å². The van der Waals surface area contributed by atoms with Crippen molar-refractivity contribution in [1.29, 1.82) is 0 Å². The van der Waals surface area contributed by atoms with Crippen molar-refractivity contribution >= 4 is 22.4 Å². The van der Waals surface area contributed by atoms with E-state index in [4.69, 9.17) is 4.74 Å². The topological polar surface area (TPSA) is 42.4 Å². The minimum Gasteiger partial charge on any atom is -0.496 e. The van der Waals surface area contributed by atoms with Crippen molar-refractivity contribution in [2.75, 3.05) is 19.1 Å². The van der Waals surface area contributed by atoms with Gasteiger partial charge >= 0.3 is 6.18 Å². The molecule has 0 unspecified atom stereocenters. The van der Waals surface area contributed by atoms with E-state index in [9.17, 15) is 18.0 Å². The molecule has 1 aromatic heterocycles. The maximum atomic E-state index is 13.1. The number of amides is 1. The van der Waals surface area contributed by atoms with E-state index in [0.717, 1.165) is 10.9 Å². The Hall–Kier alpha value is -2.09. The maximum Gasteiger partial charge on any atom is 0.419 e. The number of methoxy groups -OCH3 is 1. The van der Waals surface area contributed by atoms with Crippen LogP contribution >= 0.6 is 11.3 Å². The van der Waals surface area contributed by atoms with E-state index in [1.807, 2.05) is 13.8 Å². The van der Waals surface area contributed by atoms with Gasteiger partial charge in [0.1, 0.15) is 5.75 Å². The number of hydrogen-bond acceptors (Lipinski definition) is 4. The van der Waals surface area contributed by atoms with Crippen LogP contribution in [0.4, 0.5) is 18.3 Å². The Morgan fingerprint density at radius 3 is 2.50 bits per heavy atom. The molecule has 4 nitrogen and oxygen atoms in total. The molecule has 0 aliphatic carbocycles. The highest BCUT2D eigenvalue weighted by Crippen LogP contribution is 2.40.